The third kappa shape index (κ3) is 4.57. The number of allylic oxidation sites excluding steroid dienone is 2. The normalized spacial score (nSPS) is 15.6. The number of nitrogens with zero attached hydrogens (tertiary/aromatic N) is 2. The summed E-state index contributed by atoms with van der Waals surface area (Å²) in [5.41, 5.74) is 3.49. The minimum absolute atomic E-state index is 0.0914. The second-order valence-electron chi connectivity index (χ2n) is 7.20. The van der Waals surface area contributed by atoms with E-state index in [9.17, 15) is 14.9 Å². The zero-order valence-corrected chi connectivity index (χ0v) is 16.4. The first kappa shape index (κ1) is 20.0. The van der Waals surface area contributed by atoms with Crippen LogP contribution in [0, 0.1) is 10.1 Å². The maximum atomic E-state index is 11.4. The number of unbranched alkanes of at least 4 members (excludes halogenated alkanes) is 1. The van der Waals surface area contributed by atoms with Crippen LogP contribution < -0.4 is 5.63 Å². The topological polar surface area (TPSA) is 76.6 Å². The molecule has 0 saturated heterocycles. The van der Waals surface area contributed by atoms with Crippen LogP contribution in [-0.4, -0.2) is 29.5 Å². The second kappa shape index (κ2) is 8.97. The summed E-state index contributed by atoms with van der Waals surface area (Å²) in [5.74, 6) is 0. The molecule has 0 spiro atoms. The number of benzene rings is 1. The molecule has 6 nitrogen and oxygen atoms in total. The first-order valence-electron chi connectivity index (χ1n) is 9.74. The van der Waals surface area contributed by atoms with E-state index >= 15 is 0 Å². The van der Waals surface area contributed by atoms with Gasteiger partial charge in [-0.05, 0) is 63.8 Å². The molecule has 0 atom stereocenters. The van der Waals surface area contributed by atoms with Gasteiger partial charge in [0.15, 0.2) is 0 Å². The Labute approximate surface area is 164 Å². The van der Waals surface area contributed by atoms with E-state index in [1.165, 1.54) is 29.3 Å². The van der Waals surface area contributed by atoms with E-state index in [0.29, 0.717) is 23.0 Å². The molecule has 2 heterocycles. The Morgan fingerprint density at radius 3 is 2.79 bits per heavy atom. The van der Waals surface area contributed by atoms with Crippen LogP contribution in [0.4, 0.5) is 5.69 Å². The van der Waals surface area contributed by atoms with E-state index in [4.69, 9.17) is 4.42 Å². The van der Waals surface area contributed by atoms with Gasteiger partial charge in [0.2, 0.25) is 0 Å². The molecule has 0 amide bonds. The third-order valence-corrected chi connectivity index (χ3v) is 5.47. The quantitative estimate of drug-likeness (QED) is 0.302. The van der Waals surface area contributed by atoms with Crippen molar-refractivity contribution in [3.05, 3.63) is 73.7 Å². The summed E-state index contributed by atoms with van der Waals surface area (Å²) in [7, 11) is 0. The zero-order valence-electron chi connectivity index (χ0n) is 16.4. The number of nitro groups is 1. The van der Waals surface area contributed by atoms with Gasteiger partial charge in [0.1, 0.15) is 5.58 Å². The summed E-state index contributed by atoms with van der Waals surface area (Å²) >= 11 is 0. The molecule has 148 valence electrons. The highest BCUT2D eigenvalue weighted by molar-refractivity contribution is 5.84. The van der Waals surface area contributed by atoms with Gasteiger partial charge in [0, 0.05) is 36.2 Å². The van der Waals surface area contributed by atoms with Crippen molar-refractivity contribution in [3.8, 4) is 0 Å². The lowest BCUT2D eigenvalue weighted by molar-refractivity contribution is -0.385. The number of fused-ring (bicyclic) bond motifs is 1. The van der Waals surface area contributed by atoms with Crippen molar-refractivity contribution in [1.29, 1.82) is 0 Å². The van der Waals surface area contributed by atoms with Crippen LogP contribution >= 0.6 is 0 Å². The molecule has 1 aromatic heterocycles. The zero-order chi connectivity index (χ0) is 20.1. The SMILES string of the molecule is C/C=C(/C)C1=CCN(CCCCc2c([N+](=O)[O-])ccc3oc(=O)ccc23)CC1. The Hall–Kier alpha value is -2.73. The monoisotopic (exact) mass is 382 g/mol. The van der Waals surface area contributed by atoms with E-state index < -0.39 is 5.63 Å². The predicted molar refractivity (Wildman–Crippen MR) is 111 cm³/mol. The Bertz CT molecular complexity index is 988. The molecule has 1 aliphatic rings. The van der Waals surface area contributed by atoms with E-state index in [0.717, 1.165) is 38.9 Å². The first-order chi connectivity index (χ1) is 13.5. The largest absolute Gasteiger partial charge is 0.423 e. The van der Waals surface area contributed by atoms with Crippen LogP contribution in [-0.2, 0) is 6.42 Å². The van der Waals surface area contributed by atoms with Crippen LogP contribution in [0.5, 0.6) is 0 Å². The van der Waals surface area contributed by atoms with Gasteiger partial charge in [-0.3, -0.25) is 15.0 Å². The molecule has 6 heteroatoms. The molecule has 0 fully saturated rings. The second-order valence-corrected chi connectivity index (χ2v) is 7.20. The van der Waals surface area contributed by atoms with E-state index in [-0.39, 0.29) is 10.6 Å². The van der Waals surface area contributed by atoms with Crippen molar-refractivity contribution in [3.63, 3.8) is 0 Å². The molecule has 28 heavy (non-hydrogen) atoms. The Morgan fingerprint density at radius 2 is 2.11 bits per heavy atom. The molecule has 0 N–H and O–H groups in total. The molecular formula is C22H26N2O4. The molecule has 1 aromatic carbocycles. The summed E-state index contributed by atoms with van der Waals surface area (Å²) in [5, 5.41) is 12.1. The molecule has 0 bridgehead atoms. The van der Waals surface area contributed by atoms with E-state index in [2.05, 4.69) is 30.9 Å². The lowest BCUT2D eigenvalue weighted by atomic mass is 9.99. The van der Waals surface area contributed by atoms with Gasteiger partial charge in [-0.1, -0.05) is 17.7 Å². The Balaban J connectivity index is 1.63. The Morgan fingerprint density at radius 1 is 1.29 bits per heavy atom. The number of hydrogen-bond acceptors (Lipinski definition) is 5. The molecule has 0 aliphatic carbocycles. The van der Waals surface area contributed by atoms with Crippen molar-refractivity contribution in [2.24, 2.45) is 0 Å². The van der Waals surface area contributed by atoms with Crippen molar-refractivity contribution in [2.75, 3.05) is 19.6 Å². The van der Waals surface area contributed by atoms with Gasteiger partial charge in [-0.2, -0.15) is 0 Å². The van der Waals surface area contributed by atoms with Crippen LogP contribution in [0.25, 0.3) is 11.0 Å². The molecule has 0 radical (unpaired) electrons. The summed E-state index contributed by atoms with van der Waals surface area (Å²) < 4.78 is 5.18. The maximum Gasteiger partial charge on any atom is 0.336 e. The highest BCUT2D eigenvalue weighted by Crippen LogP contribution is 2.29. The van der Waals surface area contributed by atoms with Gasteiger partial charge in [-0.25, -0.2) is 4.79 Å². The van der Waals surface area contributed by atoms with Gasteiger partial charge in [-0.15, -0.1) is 0 Å². The summed E-state index contributed by atoms with van der Waals surface area (Å²) in [6, 6.07) is 5.88. The molecule has 0 saturated carbocycles. The highest BCUT2D eigenvalue weighted by atomic mass is 16.6. The smallest absolute Gasteiger partial charge is 0.336 e. The first-order valence-corrected chi connectivity index (χ1v) is 9.74. The molecule has 2 aromatic rings. The maximum absolute atomic E-state index is 11.4. The summed E-state index contributed by atoms with van der Waals surface area (Å²) in [6.07, 6.45) is 7.94. The minimum atomic E-state index is -0.446. The van der Waals surface area contributed by atoms with Crippen LogP contribution in [0.15, 0.2) is 56.8 Å². The fraction of sp³-hybridized carbons (Fsp3) is 0.409. The Kier molecular flexibility index (Phi) is 6.41. The average molecular weight is 382 g/mol. The van der Waals surface area contributed by atoms with Crippen LogP contribution in [0.3, 0.4) is 0 Å². The molecule has 1 aliphatic heterocycles. The van der Waals surface area contributed by atoms with E-state index in [1.807, 2.05) is 0 Å². The number of nitro benzene ring substituents is 1. The minimum Gasteiger partial charge on any atom is -0.423 e. The standard InChI is InChI=1S/C22H26N2O4/c1-3-16(2)17-11-14-23(15-12-17)13-5-4-6-18-19-7-10-22(25)28-21(19)9-8-20(18)24(26)27/h3,7-11H,4-6,12-15H2,1-2H3/b16-3-. The predicted octanol–water partition coefficient (Wildman–Crippen LogP) is 4.62. The van der Waals surface area contributed by atoms with Gasteiger partial charge < -0.3 is 4.42 Å². The fourth-order valence-corrected chi connectivity index (χ4v) is 3.73. The van der Waals surface area contributed by atoms with E-state index in [1.54, 1.807) is 6.07 Å². The van der Waals surface area contributed by atoms with Gasteiger partial charge in [0.25, 0.3) is 5.69 Å². The van der Waals surface area contributed by atoms with Gasteiger partial charge >= 0.3 is 5.63 Å². The third-order valence-electron chi connectivity index (χ3n) is 5.47. The number of aryl methyl sites for hydroxylation is 1. The fourth-order valence-electron chi connectivity index (χ4n) is 3.73. The molecular weight excluding hydrogens is 356 g/mol. The lowest BCUT2D eigenvalue weighted by Gasteiger charge is -2.26. The molecule has 0 unspecified atom stereocenters. The van der Waals surface area contributed by atoms with Crippen molar-refractivity contribution in [1.82, 2.24) is 4.90 Å². The lowest BCUT2D eigenvalue weighted by Crippen LogP contribution is -2.30. The van der Waals surface area contributed by atoms with Crippen molar-refractivity contribution < 1.29 is 9.34 Å². The van der Waals surface area contributed by atoms with Crippen LogP contribution in [0.2, 0.25) is 0 Å². The van der Waals surface area contributed by atoms with Crippen molar-refractivity contribution >= 4 is 16.7 Å². The summed E-state index contributed by atoms with van der Waals surface area (Å²) in [4.78, 5) is 24.9. The van der Waals surface area contributed by atoms with Gasteiger partial charge in [0.05, 0.1) is 4.92 Å². The highest BCUT2D eigenvalue weighted by Gasteiger charge is 2.18. The summed E-state index contributed by atoms with van der Waals surface area (Å²) in [6.45, 7) is 7.21. The molecule has 3 rings (SSSR count). The van der Waals surface area contributed by atoms with Crippen LogP contribution in [0.1, 0.15) is 38.7 Å². The average Bonchev–Trinajstić information content (AvgIpc) is 2.70. The number of rotatable bonds is 7. The van der Waals surface area contributed by atoms with Crippen molar-refractivity contribution in [2.45, 2.75) is 39.5 Å². The number of hydrogen-bond donors (Lipinski definition) is 0.